The van der Waals surface area contributed by atoms with Crippen molar-refractivity contribution in [3.8, 4) is 16.9 Å². The molecule has 2 aliphatic heterocycles. The second-order valence-corrected chi connectivity index (χ2v) is 8.44. The zero-order valence-corrected chi connectivity index (χ0v) is 16.9. The Morgan fingerprint density at radius 2 is 1.86 bits per heavy atom. The smallest absolute Gasteiger partial charge is 0.126 e. The molecule has 2 aliphatic rings. The molecule has 2 atom stereocenters. The molecule has 0 amide bonds. The predicted octanol–water partition coefficient (Wildman–Crippen LogP) is 6.09. The molecule has 0 spiro atoms. The normalized spacial score (nSPS) is 20.4. The van der Waals surface area contributed by atoms with E-state index in [2.05, 4.69) is 47.8 Å². The lowest BCUT2D eigenvalue weighted by molar-refractivity contribution is 0.171. The number of benzene rings is 3. The van der Waals surface area contributed by atoms with E-state index in [0.29, 0.717) is 16.0 Å². The number of piperidine rings is 1. The van der Waals surface area contributed by atoms with Crippen LogP contribution in [0.1, 0.15) is 29.0 Å². The Balaban J connectivity index is 1.64. The second-order valence-electron chi connectivity index (χ2n) is 7.60. The first kappa shape index (κ1) is 18.1. The van der Waals surface area contributed by atoms with Crippen LogP contribution in [0.15, 0.2) is 60.7 Å². The average Bonchev–Trinajstić information content (AvgIpc) is 3.08. The summed E-state index contributed by atoms with van der Waals surface area (Å²) in [4.78, 5) is 0. The van der Waals surface area contributed by atoms with Gasteiger partial charge in [0, 0.05) is 40.1 Å². The average molecular weight is 410 g/mol. The van der Waals surface area contributed by atoms with Crippen molar-refractivity contribution >= 4 is 23.2 Å². The van der Waals surface area contributed by atoms with Crippen LogP contribution in [0.5, 0.6) is 5.75 Å². The first-order chi connectivity index (χ1) is 13.7. The van der Waals surface area contributed by atoms with Crippen LogP contribution >= 0.6 is 23.2 Å². The summed E-state index contributed by atoms with van der Waals surface area (Å²) in [5.74, 6) is 1.46. The third-order valence-corrected chi connectivity index (χ3v) is 6.31. The summed E-state index contributed by atoms with van der Waals surface area (Å²) in [6.07, 6.45) is 2.15. The van der Waals surface area contributed by atoms with Crippen LogP contribution in [0.2, 0.25) is 10.0 Å². The highest BCUT2D eigenvalue weighted by Crippen LogP contribution is 2.46. The second kappa shape index (κ2) is 7.44. The summed E-state index contributed by atoms with van der Waals surface area (Å²) in [5, 5.41) is 4.85. The Morgan fingerprint density at radius 1 is 1.00 bits per heavy atom. The minimum atomic E-state index is 0.265. The van der Waals surface area contributed by atoms with Gasteiger partial charge in [-0.25, -0.2) is 0 Å². The van der Waals surface area contributed by atoms with Crippen LogP contribution in [0.4, 0.5) is 0 Å². The van der Waals surface area contributed by atoms with Crippen molar-refractivity contribution in [1.82, 2.24) is 5.32 Å². The van der Waals surface area contributed by atoms with E-state index in [-0.39, 0.29) is 6.10 Å². The summed E-state index contributed by atoms with van der Waals surface area (Å²) >= 11 is 12.7. The minimum absolute atomic E-state index is 0.265. The van der Waals surface area contributed by atoms with Gasteiger partial charge in [0.15, 0.2) is 0 Å². The van der Waals surface area contributed by atoms with Crippen molar-refractivity contribution < 1.29 is 4.74 Å². The van der Waals surface area contributed by atoms with E-state index in [1.165, 1.54) is 16.7 Å². The summed E-state index contributed by atoms with van der Waals surface area (Å²) in [6.45, 7) is 1.97. The molecule has 5 rings (SSSR count). The van der Waals surface area contributed by atoms with Crippen molar-refractivity contribution in [3.05, 3.63) is 87.4 Å². The van der Waals surface area contributed by atoms with Gasteiger partial charge in [0.1, 0.15) is 11.9 Å². The van der Waals surface area contributed by atoms with Crippen LogP contribution in [-0.2, 0) is 6.42 Å². The van der Waals surface area contributed by atoms with Crippen molar-refractivity contribution in [2.24, 2.45) is 0 Å². The molecule has 0 aromatic heterocycles. The summed E-state index contributed by atoms with van der Waals surface area (Å²) in [7, 11) is 0. The Labute approximate surface area is 175 Å². The molecule has 0 aliphatic carbocycles. The molecule has 3 aromatic carbocycles. The van der Waals surface area contributed by atoms with Gasteiger partial charge in [-0.1, -0.05) is 59.6 Å². The Morgan fingerprint density at radius 3 is 2.68 bits per heavy atom. The fourth-order valence-electron chi connectivity index (χ4n) is 4.40. The SMILES string of the molecule is Clc1ccc(-c2cc(Cc3ccccc3)c3c(c2)C2CNCCC2O3)c(Cl)c1. The monoisotopic (exact) mass is 409 g/mol. The molecule has 0 saturated carbocycles. The lowest BCUT2D eigenvalue weighted by Crippen LogP contribution is -2.37. The molecule has 3 aromatic rings. The minimum Gasteiger partial charge on any atom is -0.489 e. The molecule has 1 fully saturated rings. The van der Waals surface area contributed by atoms with Crippen molar-refractivity contribution in [2.45, 2.75) is 24.9 Å². The molecule has 1 N–H and O–H groups in total. The first-order valence-corrected chi connectivity index (χ1v) is 10.5. The lowest BCUT2D eigenvalue weighted by Gasteiger charge is -2.25. The van der Waals surface area contributed by atoms with Gasteiger partial charge < -0.3 is 10.1 Å². The first-order valence-electron chi connectivity index (χ1n) is 9.72. The van der Waals surface area contributed by atoms with E-state index < -0.39 is 0 Å². The van der Waals surface area contributed by atoms with Gasteiger partial charge >= 0.3 is 0 Å². The van der Waals surface area contributed by atoms with Gasteiger partial charge in [-0.05, 0) is 53.9 Å². The molecular weight excluding hydrogens is 389 g/mol. The van der Waals surface area contributed by atoms with E-state index in [9.17, 15) is 0 Å². The standard InChI is InChI=1S/C24H21Cl2NO/c25-18-6-7-19(22(26)13-18)16-11-17(10-15-4-2-1-3-5-15)24-20(12-16)21-14-27-9-8-23(21)28-24/h1-7,11-13,21,23,27H,8-10,14H2. The van der Waals surface area contributed by atoms with Crippen LogP contribution in [0.25, 0.3) is 11.1 Å². The highest BCUT2D eigenvalue weighted by molar-refractivity contribution is 6.36. The molecule has 2 nitrogen and oxygen atoms in total. The fourth-order valence-corrected chi connectivity index (χ4v) is 4.91. The van der Waals surface area contributed by atoms with Crippen LogP contribution < -0.4 is 10.1 Å². The van der Waals surface area contributed by atoms with E-state index in [4.69, 9.17) is 27.9 Å². The molecule has 0 bridgehead atoms. The Bertz CT molecular complexity index is 1020. The molecule has 142 valence electrons. The van der Waals surface area contributed by atoms with Crippen molar-refractivity contribution in [2.75, 3.05) is 13.1 Å². The molecule has 0 radical (unpaired) electrons. The Hall–Kier alpha value is -2.00. The van der Waals surface area contributed by atoms with Gasteiger partial charge in [-0.2, -0.15) is 0 Å². The summed E-state index contributed by atoms with van der Waals surface area (Å²) in [6, 6.07) is 20.7. The van der Waals surface area contributed by atoms with Crippen molar-refractivity contribution in [1.29, 1.82) is 0 Å². The van der Waals surface area contributed by atoms with Gasteiger partial charge in [-0.3, -0.25) is 0 Å². The van der Waals surface area contributed by atoms with Crippen LogP contribution in [0.3, 0.4) is 0 Å². The van der Waals surface area contributed by atoms with Crippen LogP contribution in [0, 0.1) is 0 Å². The largest absolute Gasteiger partial charge is 0.489 e. The van der Waals surface area contributed by atoms with Gasteiger partial charge in [0.05, 0.1) is 0 Å². The quantitative estimate of drug-likeness (QED) is 0.564. The fraction of sp³-hybridized carbons (Fsp3) is 0.250. The topological polar surface area (TPSA) is 21.3 Å². The van der Waals surface area contributed by atoms with E-state index in [1.807, 2.05) is 18.2 Å². The molecule has 2 unspecified atom stereocenters. The molecule has 4 heteroatoms. The highest BCUT2D eigenvalue weighted by atomic mass is 35.5. The number of fused-ring (bicyclic) bond motifs is 3. The zero-order chi connectivity index (χ0) is 19.1. The number of hydrogen-bond acceptors (Lipinski definition) is 2. The van der Waals surface area contributed by atoms with Crippen LogP contribution in [-0.4, -0.2) is 19.2 Å². The van der Waals surface area contributed by atoms with Gasteiger partial charge in [0.2, 0.25) is 0 Å². The van der Waals surface area contributed by atoms with E-state index >= 15 is 0 Å². The van der Waals surface area contributed by atoms with Crippen molar-refractivity contribution in [3.63, 3.8) is 0 Å². The third-order valence-electron chi connectivity index (χ3n) is 5.76. The molecular formula is C24H21Cl2NO. The predicted molar refractivity (Wildman–Crippen MR) is 116 cm³/mol. The number of nitrogens with one attached hydrogen (secondary N) is 1. The summed E-state index contributed by atoms with van der Waals surface area (Å²) in [5.41, 5.74) is 5.93. The number of hydrogen-bond donors (Lipinski definition) is 1. The maximum Gasteiger partial charge on any atom is 0.126 e. The maximum absolute atomic E-state index is 6.54. The van der Waals surface area contributed by atoms with Gasteiger partial charge in [0.25, 0.3) is 0 Å². The lowest BCUT2D eigenvalue weighted by atomic mass is 9.87. The molecule has 28 heavy (non-hydrogen) atoms. The number of rotatable bonds is 3. The Kier molecular flexibility index (Phi) is 4.80. The molecule has 1 saturated heterocycles. The zero-order valence-electron chi connectivity index (χ0n) is 15.4. The van der Waals surface area contributed by atoms with E-state index in [0.717, 1.165) is 42.8 Å². The maximum atomic E-state index is 6.54. The molecule has 2 heterocycles. The van der Waals surface area contributed by atoms with E-state index in [1.54, 1.807) is 0 Å². The van der Waals surface area contributed by atoms with Gasteiger partial charge in [-0.15, -0.1) is 0 Å². The number of halogens is 2. The third kappa shape index (κ3) is 3.30. The number of ether oxygens (including phenoxy) is 1. The highest BCUT2D eigenvalue weighted by Gasteiger charge is 2.37. The summed E-state index contributed by atoms with van der Waals surface area (Å²) < 4.78 is 6.46.